The van der Waals surface area contributed by atoms with Gasteiger partial charge in [-0.05, 0) is 43.9 Å². The van der Waals surface area contributed by atoms with Gasteiger partial charge < -0.3 is 5.73 Å². The second-order valence-corrected chi connectivity index (χ2v) is 6.81. The summed E-state index contributed by atoms with van der Waals surface area (Å²) in [5, 5.41) is 0. The number of hydrogen-bond acceptors (Lipinski definition) is 3. The first-order valence-electron chi connectivity index (χ1n) is 6.37. The summed E-state index contributed by atoms with van der Waals surface area (Å²) in [5.41, 5.74) is 6.24. The van der Waals surface area contributed by atoms with Gasteiger partial charge in [0.15, 0.2) is 0 Å². The fourth-order valence-electron chi connectivity index (χ4n) is 2.43. The molecule has 0 saturated heterocycles. The number of nitrogens with two attached hydrogens (primary N) is 1. The van der Waals surface area contributed by atoms with E-state index in [4.69, 9.17) is 5.73 Å². The average molecular weight is 286 g/mol. The van der Waals surface area contributed by atoms with Crippen molar-refractivity contribution in [3.05, 3.63) is 23.0 Å². The molecule has 0 unspecified atom stereocenters. The lowest BCUT2D eigenvalue weighted by molar-refractivity contribution is 0.420. The summed E-state index contributed by atoms with van der Waals surface area (Å²) in [7, 11) is -3.60. The molecule has 1 fully saturated rings. The summed E-state index contributed by atoms with van der Waals surface area (Å²) in [5.74, 6) is -0.566. The summed E-state index contributed by atoms with van der Waals surface area (Å²) >= 11 is 0. The second kappa shape index (κ2) is 4.76. The van der Waals surface area contributed by atoms with Gasteiger partial charge in [-0.25, -0.2) is 12.8 Å². The Morgan fingerprint density at radius 1 is 1.42 bits per heavy atom. The lowest BCUT2D eigenvalue weighted by Gasteiger charge is -2.23. The van der Waals surface area contributed by atoms with Crippen LogP contribution in [0.4, 0.5) is 10.1 Å². The molecule has 0 spiro atoms. The Kier molecular flexibility index (Phi) is 3.57. The molecule has 19 heavy (non-hydrogen) atoms. The number of hydrogen-bond donors (Lipinski definition) is 1. The van der Waals surface area contributed by atoms with Crippen LogP contribution in [0, 0.1) is 19.7 Å². The van der Waals surface area contributed by atoms with Crippen LogP contribution in [0.15, 0.2) is 11.0 Å². The molecule has 0 aliphatic heterocycles. The van der Waals surface area contributed by atoms with Crippen LogP contribution in [0.3, 0.4) is 0 Å². The van der Waals surface area contributed by atoms with Gasteiger partial charge in [-0.3, -0.25) is 0 Å². The Labute approximate surface area is 113 Å². The first-order chi connectivity index (χ1) is 8.80. The molecule has 1 aromatic rings. The third-order valence-corrected chi connectivity index (χ3v) is 5.85. The summed E-state index contributed by atoms with van der Waals surface area (Å²) < 4.78 is 40.4. The fraction of sp³-hybridized carbons (Fsp3) is 0.538. The van der Waals surface area contributed by atoms with Crippen molar-refractivity contribution in [2.24, 2.45) is 0 Å². The van der Waals surface area contributed by atoms with E-state index in [2.05, 4.69) is 0 Å². The van der Waals surface area contributed by atoms with Crippen molar-refractivity contribution in [2.75, 3.05) is 12.3 Å². The predicted molar refractivity (Wildman–Crippen MR) is 72.9 cm³/mol. The standard InChI is InChI=1S/C13H19FN2O2S/c1-4-16(10-5-6-10)19(17,18)13-8(2)7-11(14)12(15)9(13)3/h7,10H,4-6,15H2,1-3H3. The molecule has 0 atom stereocenters. The normalized spacial score (nSPS) is 16.1. The molecule has 4 nitrogen and oxygen atoms in total. The van der Waals surface area contributed by atoms with E-state index in [0.717, 1.165) is 12.8 Å². The summed E-state index contributed by atoms with van der Waals surface area (Å²) in [6.07, 6.45) is 1.78. The summed E-state index contributed by atoms with van der Waals surface area (Å²) in [6.45, 7) is 5.39. The van der Waals surface area contributed by atoms with Gasteiger partial charge in [0, 0.05) is 12.6 Å². The first-order valence-corrected chi connectivity index (χ1v) is 7.81. The van der Waals surface area contributed by atoms with Crippen LogP contribution in [0.5, 0.6) is 0 Å². The van der Waals surface area contributed by atoms with Gasteiger partial charge in [0.1, 0.15) is 5.82 Å². The molecule has 0 radical (unpaired) electrons. The number of anilines is 1. The highest BCUT2D eigenvalue weighted by Crippen LogP contribution is 2.35. The zero-order chi connectivity index (χ0) is 14.4. The Hall–Kier alpha value is -1.14. The van der Waals surface area contributed by atoms with E-state index in [9.17, 15) is 12.8 Å². The highest BCUT2D eigenvalue weighted by Gasteiger charge is 2.38. The number of nitrogens with zero attached hydrogens (tertiary/aromatic N) is 1. The van der Waals surface area contributed by atoms with Crippen LogP contribution in [0.1, 0.15) is 30.9 Å². The number of sulfonamides is 1. The topological polar surface area (TPSA) is 63.4 Å². The minimum atomic E-state index is -3.60. The number of benzene rings is 1. The van der Waals surface area contributed by atoms with Gasteiger partial charge in [0.25, 0.3) is 0 Å². The smallest absolute Gasteiger partial charge is 0.243 e. The van der Waals surface area contributed by atoms with E-state index in [0.29, 0.717) is 17.7 Å². The van der Waals surface area contributed by atoms with Crippen LogP contribution < -0.4 is 5.73 Å². The van der Waals surface area contributed by atoms with E-state index in [1.165, 1.54) is 10.4 Å². The maximum atomic E-state index is 13.5. The Morgan fingerprint density at radius 2 is 2.00 bits per heavy atom. The number of rotatable bonds is 4. The van der Waals surface area contributed by atoms with Gasteiger partial charge in [-0.1, -0.05) is 6.92 Å². The highest BCUT2D eigenvalue weighted by molar-refractivity contribution is 7.89. The predicted octanol–water partition coefficient (Wildman–Crippen LogP) is 2.20. The van der Waals surface area contributed by atoms with E-state index in [1.54, 1.807) is 13.8 Å². The van der Waals surface area contributed by atoms with Gasteiger partial charge >= 0.3 is 0 Å². The maximum absolute atomic E-state index is 13.5. The molecule has 0 heterocycles. The van der Waals surface area contributed by atoms with E-state index < -0.39 is 15.8 Å². The van der Waals surface area contributed by atoms with Crippen LogP contribution in [-0.2, 0) is 10.0 Å². The molecular weight excluding hydrogens is 267 g/mol. The van der Waals surface area contributed by atoms with Gasteiger partial charge in [0.2, 0.25) is 10.0 Å². The Balaban J connectivity index is 2.60. The van der Waals surface area contributed by atoms with Gasteiger partial charge in [-0.2, -0.15) is 4.31 Å². The molecule has 1 saturated carbocycles. The molecule has 0 amide bonds. The van der Waals surface area contributed by atoms with Crippen LogP contribution in [0.25, 0.3) is 0 Å². The minimum absolute atomic E-state index is 0.0834. The quantitative estimate of drug-likeness (QED) is 0.863. The van der Waals surface area contributed by atoms with E-state index in [-0.39, 0.29) is 16.6 Å². The van der Waals surface area contributed by atoms with Crippen molar-refractivity contribution in [1.29, 1.82) is 0 Å². The van der Waals surface area contributed by atoms with Crippen molar-refractivity contribution < 1.29 is 12.8 Å². The van der Waals surface area contributed by atoms with Crippen molar-refractivity contribution in [3.63, 3.8) is 0 Å². The van der Waals surface area contributed by atoms with Crippen molar-refractivity contribution >= 4 is 15.7 Å². The van der Waals surface area contributed by atoms with Crippen LogP contribution in [-0.4, -0.2) is 25.3 Å². The molecule has 1 aromatic carbocycles. The first kappa shape index (κ1) is 14.3. The molecule has 0 bridgehead atoms. The van der Waals surface area contributed by atoms with Crippen molar-refractivity contribution in [1.82, 2.24) is 4.31 Å². The van der Waals surface area contributed by atoms with Crippen LogP contribution >= 0.6 is 0 Å². The Morgan fingerprint density at radius 3 is 2.47 bits per heavy atom. The molecule has 106 valence electrons. The number of halogens is 1. The number of nitrogen functional groups attached to an aromatic ring is 1. The van der Waals surface area contributed by atoms with Crippen molar-refractivity contribution in [2.45, 2.75) is 44.6 Å². The number of aryl methyl sites for hydroxylation is 1. The van der Waals surface area contributed by atoms with E-state index >= 15 is 0 Å². The van der Waals surface area contributed by atoms with Crippen LogP contribution in [0.2, 0.25) is 0 Å². The minimum Gasteiger partial charge on any atom is -0.396 e. The Bertz CT molecular complexity index is 610. The lowest BCUT2D eigenvalue weighted by Crippen LogP contribution is -2.34. The summed E-state index contributed by atoms with van der Waals surface area (Å²) in [6, 6.07) is 1.27. The van der Waals surface area contributed by atoms with Crippen molar-refractivity contribution in [3.8, 4) is 0 Å². The third-order valence-electron chi connectivity index (χ3n) is 3.54. The monoisotopic (exact) mass is 286 g/mol. The third kappa shape index (κ3) is 2.34. The molecular formula is C13H19FN2O2S. The molecule has 1 aliphatic carbocycles. The zero-order valence-corrected chi connectivity index (χ0v) is 12.2. The molecule has 2 N–H and O–H groups in total. The molecule has 2 rings (SSSR count). The average Bonchev–Trinajstić information content (AvgIpc) is 3.10. The maximum Gasteiger partial charge on any atom is 0.243 e. The largest absolute Gasteiger partial charge is 0.396 e. The zero-order valence-electron chi connectivity index (χ0n) is 11.4. The molecule has 6 heteroatoms. The highest BCUT2D eigenvalue weighted by atomic mass is 32.2. The van der Waals surface area contributed by atoms with E-state index in [1.807, 2.05) is 6.92 Å². The molecule has 0 aromatic heterocycles. The van der Waals surface area contributed by atoms with Gasteiger partial charge in [-0.15, -0.1) is 0 Å². The summed E-state index contributed by atoms with van der Waals surface area (Å²) in [4.78, 5) is 0.153. The fourth-order valence-corrected chi connectivity index (χ4v) is 4.57. The lowest BCUT2D eigenvalue weighted by atomic mass is 10.1. The molecule has 1 aliphatic rings. The SMILES string of the molecule is CCN(C1CC1)S(=O)(=O)c1c(C)cc(F)c(N)c1C. The second-order valence-electron chi connectivity index (χ2n) is 4.98. The van der Waals surface area contributed by atoms with Gasteiger partial charge in [0.05, 0.1) is 10.6 Å².